The van der Waals surface area contributed by atoms with Crippen molar-refractivity contribution in [2.75, 3.05) is 11.4 Å². The number of amides is 1. The number of anilines is 1. The van der Waals surface area contributed by atoms with Crippen LogP contribution in [0.2, 0.25) is 0 Å². The second kappa shape index (κ2) is 4.01. The van der Waals surface area contributed by atoms with Gasteiger partial charge in [-0.2, -0.15) is 0 Å². The van der Waals surface area contributed by atoms with Gasteiger partial charge in [0.05, 0.1) is 5.69 Å². The first-order valence-corrected chi connectivity index (χ1v) is 5.25. The van der Waals surface area contributed by atoms with E-state index >= 15 is 0 Å². The predicted molar refractivity (Wildman–Crippen MR) is 59.9 cm³/mol. The highest BCUT2D eigenvalue weighted by Crippen LogP contribution is 2.30. The number of fused-ring (bicyclic) bond motifs is 1. The van der Waals surface area contributed by atoms with Crippen LogP contribution >= 0.6 is 0 Å². The fraction of sp³-hybridized carbons (Fsp3) is 0.250. The van der Waals surface area contributed by atoms with Gasteiger partial charge in [-0.15, -0.1) is 0 Å². The van der Waals surface area contributed by atoms with Gasteiger partial charge in [0.15, 0.2) is 11.7 Å². The molecule has 5 heteroatoms. The molecule has 17 heavy (non-hydrogen) atoms. The number of ketones is 1. The molecule has 88 valence electrons. The molecule has 0 aliphatic carbocycles. The number of para-hydroxylation sites is 1. The van der Waals surface area contributed by atoms with Crippen LogP contribution in [0.4, 0.5) is 5.69 Å². The second-order valence-electron chi connectivity index (χ2n) is 3.74. The minimum Gasteiger partial charge on any atom is -0.480 e. The monoisotopic (exact) mass is 233 g/mol. The smallest absolute Gasteiger partial charge is 0.324 e. The molecule has 1 aromatic rings. The molecule has 1 aliphatic heterocycles. The lowest BCUT2D eigenvalue weighted by Crippen LogP contribution is -2.47. The fourth-order valence-corrected chi connectivity index (χ4v) is 2.00. The molecule has 0 saturated heterocycles. The van der Waals surface area contributed by atoms with Gasteiger partial charge in [0.25, 0.3) is 0 Å². The van der Waals surface area contributed by atoms with E-state index in [0.29, 0.717) is 17.8 Å². The van der Waals surface area contributed by atoms with E-state index in [0.717, 1.165) is 0 Å². The fourth-order valence-electron chi connectivity index (χ4n) is 2.00. The average molecular weight is 233 g/mol. The first-order chi connectivity index (χ1) is 8.07. The molecule has 2 rings (SSSR count). The lowest BCUT2D eigenvalue weighted by atomic mass is 9.90. The van der Waals surface area contributed by atoms with Crippen LogP contribution in [-0.2, 0) is 9.59 Å². The van der Waals surface area contributed by atoms with E-state index in [9.17, 15) is 14.4 Å². The molecule has 1 unspecified atom stereocenters. The zero-order valence-electron chi connectivity index (χ0n) is 9.21. The molecular weight excluding hydrogens is 222 g/mol. The molecule has 1 atom stereocenters. The number of carbonyl (C=O) groups excluding carboxylic acids is 2. The highest BCUT2D eigenvalue weighted by atomic mass is 16.4. The molecule has 0 spiro atoms. The molecular formula is C12H11NO4. The predicted octanol–water partition coefficient (Wildman–Crippen LogP) is 0.937. The van der Waals surface area contributed by atoms with Crippen molar-refractivity contribution in [1.29, 1.82) is 0 Å². The number of hydrogen-bond acceptors (Lipinski definition) is 3. The number of rotatable bonds is 2. The Bertz CT molecular complexity index is 509. The molecule has 0 radical (unpaired) electrons. The SMILES string of the molecule is CCN1C(=O)C(C(=O)O)C(=O)c2ccccc21. The number of hydrogen-bond donors (Lipinski definition) is 1. The number of carboxylic acid groups (broad SMARTS) is 1. The van der Waals surface area contributed by atoms with Gasteiger partial charge in [-0.3, -0.25) is 14.4 Å². The molecule has 1 heterocycles. The molecule has 0 saturated carbocycles. The van der Waals surface area contributed by atoms with E-state index in [1.165, 1.54) is 4.90 Å². The number of nitrogens with zero attached hydrogens (tertiary/aromatic N) is 1. The lowest BCUT2D eigenvalue weighted by molar-refractivity contribution is -0.144. The van der Waals surface area contributed by atoms with Crippen molar-refractivity contribution in [3.05, 3.63) is 29.8 Å². The van der Waals surface area contributed by atoms with Crippen LogP contribution in [0.25, 0.3) is 0 Å². The van der Waals surface area contributed by atoms with Crippen molar-refractivity contribution in [3.8, 4) is 0 Å². The molecule has 0 fully saturated rings. The minimum absolute atomic E-state index is 0.293. The van der Waals surface area contributed by atoms with E-state index in [2.05, 4.69) is 0 Å². The summed E-state index contributed by atoms with van der Waals surface area (Å²) in [4.78, 5) is 36.1. The van der Waals surface area contributed by atoms with Crippen molar-refractivity contribution in [1.82, 2.24) is 0 Å². The Kier molecular flexibility index (Phi) is 2.67. The molecule has 1 aliphatic rings. The van der Waals surface area contributed by atoms with E-state index in [4.69, 9.17) is 5.11 Å². The van der Waals surface area contributed by atoms with Gasteiger partial charge in [-0.05, 0) is 19.1 Å². The van der Waals surface area contributed by atoms with Gasteiger partial charge < -0.3 is 10.0 Å². The molecule has 5 nitrogen and oxygen atoms in total. The van der Waals surface area contributed by atoms with Gasteiger partial charge in [-0.1, -0.05) is 12.1 Å². The average Bonchev–Trinajstić information content (AvgIpc) is 2.29. The molecule has 0 bridgehead atoms. The summed E-state index contributed by atoms with van der Waals surface area (Å²) in [5, 5.41) is 8.95. The lowest BCUT2D eigenvalue weighted by Gasteiger charge is -2.30. The maximum absolute atomic E-state index is 11.9. The molecule has 1 aromatic carbocycles. The van der Waals surface area contributed by atoms with E-state index in [-0.39, 0.29) is 0 Å². The first kappa shape index (κ1) is 11.3. The largest absolute Gasteiger partial charge is 0.480 e. The summed E-state index contributed by atoms with van der Waals surface area (Å²) >= 11 is 0. The van der Waals surface area contributed by atoms with Crippen LogP contribution in [-0.4, -0.2) is 29.3 Å². The Morgan fingerprint density at radius 2 is 2.00 bits per heavy atom. The molecule has 1 N–H and O–H groups in total. The highest BCUT2D eigenvalue weighted by molar-refractivity contribution is 6.29. The van der Waals surface area contributed by atoms with Gasteiger partial charge in [0.1, 0.15) is 0 Å². The Balaban J connectivity index is 2.61. The van der Waals surface area contributed by atoms with Crippen LogP contribution in [0.1, 0.15) is 17.3 Å². The van der Waals surface area contributed by atoms with E-state index < -0.39 is 23.6 Å². The summed E-state index contributed by atoms with van der Waals surface area (Å²) in [6.45, 7) is 2.08. The molecule has 0 aromatic heterocycles. The summed E-state index contributed by atoms with van der Waals surface area (Å²) in [6, 6.07) is 6.55. The van der Waals surface area contributed by atoms with Crippen molar-refractivity contribution in [3.63, 3.8) is 0 Å². The number of carbonyl (C=O) groups is 3. The summed E-state index contributed by atoms with van der Waals surface area (Å²) in [6.07, 6.45) is 0. The van der Waals surface area contributed by atoms with Gasteiger partial charge in [-0.25, -0.2) is 0 Å². The number of carboxylic acids is 1. The quantitative estimate of drug-likeness (QED) is 0.771. The van der Waals surface area contributed by atoms with Gasteiger partial charge in [0.2, 0.25) is 5.91 Å². The molecule has 1 amide bonds. The number of benzene rings is 1. The van der Waals surface area contributed by atoms with Crippen LogP contribution in [0.3, 0.4) is 0 Å². The van der Waals surface area contributed by atoms with E-state index in [1.54, 1.807) is 31.2 Å². The summed E-state index contributed by atoms with van der Waals surface area (Å²) in [5.41, 5.74) is 0.781. The topological polar surface area (TPSA) is 74.7 Å². The third-order valence-corrected chi connectivity index (χ3v) is 2.80. The van der Waals surface area contributed by atoms with Crippen LogP contribution in [0.5, 0.6) is 0 Å². The van der Waals surface area contributed by atoms with Crippen LogP contribution in [0.15, 0.2) is 24.3 Å². The summed E-state index contributed by atoms with van der Waals surface area (Å²) in [5.74, 6) is -4.30. The third kappa shape index (κ3) is 1.60. The highest BCUT2D eigenvalue weighted by Gasteiger charge is 2.43. The maximum Gasteiger partial charge on any atom is 0.324 e. The second-order valence-corrected chi connectivity index (χ2v) is 3.74. The Morgan fingerprint density at radius 3 is 2.59 bits per heavy atom. The van der Waals surface area contributed by atoms with Crippen molar-refractivity contribution < 1.29 is 19.5 Å². The maximum atomic E-state index is 11.9. The Labute approximate surface area is 97.7 Å². The van der Waals surface area contributed by atoms with E-state index in [1.807, 2.05) is 0 Å². The Morgan fingerprint density at radius 1 is 1.35 bits per heavy atom. The number of Topliss-reactive ketones (excluding diaryl/α,β-unsaturated/α-hetero) is 1. The van der Waals surface area contributed by atoms with Gasteiger partial charge in [0, 0.05) is 12.1 Å². The normalized spacial score (nSPS) is 19.1. The van der Waals surface area contributed by atoms with Crippen LogP contribution < -0.4 is 4.90 Å². The standard InChI is InChI=1S/C12H11NO4/c1-2-13-8-6-4-3-5-7(8)10(14)9(11(13)15)12(16)17/h3-6,9H,2H2,1H3,(H,16,17). The van der Waals surface area contributed by atoms with Crippen molar-refractivity contribution in [2.24, 2.45) is 5.92 Å². The van der Waals surface area contributed by atoms with Crippen LogP contribution in [0, 0.1) is 5.92 Å². The summed E-state index contributed by atoms with van der Waals surface area (Å²) < 4.78 is 0. The zero-order chi connectivity index (χ0) is 12.6. The Hall–Kier alpha value is -2.17. The first-order valence-electron chi connectivity index (χ1n) is 5.25. The van der Waals surface area contributed by atoms with Crippen molar-refractivity contribution in [2.45, 2.75) is 6.92 Å². The zero-order valence-corrected chi connectivity index (χ0v) is 9.21. The third-order valence-electron chi connectivity index (χ3n) is 2.80. The summed E-state index contributed by atoms with van der Waals surface area (Å²) in [7, 11) is 0. The minimum atomic E-state index is -1.61. The van der Waals surface area contributed by atoms with Crippen molar-refractivity contribution >= 4 is 23.3 Å². The number of aliphatic carboxylic acids is 1. The van der Waals surface area contributed by atoms with Gasteiger partial charge >= 0.3 is 5.97 Å².